The van der Waals surface area contributed by atoms with Gasteiger partial charge >= 0.3 is 0 Å². The Morgan fingerprint density at radius 1 is 0.947 bits per heavy atom. The van der Waals surface area contributed by atoms with Crippen LogP contribution in [-0.4, -0.2) is 36.4 Å². The molecule has 0 saturated carbocycles. The normalized spacial score (nSPS) is 19.6. The average molecular weight is 537 g/mol. The number of nitrogens with one attached hydrogen (secondary N) is 2. The van der Waals surface area contributed by atoms with E-state index in [0.717, 1.165) is 23.2 Å². The van der Waals surface area contributed by atoms with Crippen molar-refractivity contribution < 1.29 is 27.4 Å². The smallest absolute Gasteiger partial charge is 0.262 e. The van der Waals surface area contributed by atoms with E-state index in [2.05, 4.69) is 22.2 Å². The number of hydrogen-bond donors (Lipinski definition) is 2. The summed E-state index contributed by atoms with van der Waals surface area (Å²) < 4.78 is 51.7. The number of sulfonamides is 1. The van der Waals surface area contributed by atoms with Crippen molar-refractivity contribution in [2.45, 2.75) is 30.2 Å². The highest BCUT2D eigenvalue weighted by molar-refractivity contribution is 7.92. The summed E-state index contributed by atoms with van der Waals surface area (Å²) in [7, 11) is 0.958. The highest BCUT2D eigenvalue weighted by Crippen LogP contribution is 2.52. The average Bonchev–Trinajstić information content (AvgIpc) is 3.43. The second-order valence-electron chi connectivity index (χ2n) is 9.22. The van der Waals surface area contributed by atoms with E-state index < -0.39 is 10.0 Å². The quantitative estimate of drug-likeness (QED) is 0.337. The summed E-state index contributed by atoms with van der Waals surface area (Å²) in [5.74, 6) is 2.47. The van der Waals surface area contributed by atoms with Crippen LogP contribution in [0.2, 0.25) is 0 Å². The highest BCUT2D eigenvalue weighted by Gasteiger charge is 2.39. The van der Waals surface area contributed by atoms with Crippen LogP contribution in [0.15, 0.2) is 71.6 Å². The van der Waals surface area contributed by atoms with Crippen molar-refractivity contribution >= 4 is 21.4 Å². The molecule has 0 fully saturated rings. The van der Waals surface area contributed by atoms with Crippen LogP contribution in [0, 0.1) is 5.92 Å². The Hall–Kier alpha value is -3.85. The van der Waals surface area contributed by atoms with Gasteiger partial charge in [-0.15, -0.1) is 0 Å². The maximum Gasteiger partial charge on any atom is 0.262 e. The second kappa shape index (κ2) is 10.5. The standard InChI is InChI=1S/C29H32N2O6S/c1-5-37-25-12-7-6-11-24(25)31-38(32,33)19-13-14-23-22(17-19)20-9-8-10-21(20)28(30-23)18-15-26(34-2)29(36-4)27(16-18)35-3/h6-9,11-17,20-21,28,30-31H,5,10H2,1-4H3/t20-,21+,28+/m0/s1. The molecule has 2 aliphatic rings. The lowest BCUT2D eigenvalue weighted by atomic mass is 9.77. The molecule has 38 heavy (non-hydrogen) atoms. The summed E-state index contributed by atoms with van der Waals surface area (Å²) in [6.07, 6.45) is 5.19. The number of benzene rings is 3. The fraction of sp³-hybridized carbons (Fsp3) is 0.310. The fourth-order valence-electron chi connectivity index (χ4n) is 5.39. The molecule has 2 N–H and O–H groups in total. The molecule has 0 aromatic heterocycles. The molecule has 0 radical (unpaired) electrons. The van der Waals surface area contributed by atoms with E-state index in [1.54, 1.807) is 51.7 Å². The van der Waals surface area contributed by atoms with Crippen molar-refractivity contribution in [3.63, 3.8) is 0 Å². The molecule has 0 amide bonds. The first-order valence-electron chi connectivity index (χ1n) is 12.5. The lowest BCUT2D eigenvalue weighted by molar-refractivity contribution is 0.322. The number of hydrogen-bond acceptors (Lipinski definition) is 7. The van der Waals surface area contributed by atoms with Gasteiger partial charge in [0.05, 0.1) is 44.6 Å². The third kappa shape index (κ3) is 4.62. The minimum absolute atomic E-state index is 0.0325. The van der Waals surface area contributed by atoms with Crippen molar-refractivity contribution in [1.29, 1.82) is 0 Å². The van der Waals surface area contributed by atoms with E-state index in [4.69, 9.17) is 18.9 Å². The van der Waals surface area contributed by atoms with Crippen molar-refractivity contribution in [1.82, 2.24) is 0 Å². The number of fused-ring (bicyclic) bond motifs is 3. The lowest BCUT2D eigenvalue weighted by Gasteiger charge is -2.38. The zero-order valence-electron chi connectivity index (χ0n) is 21.9. The van der Waals surface area contributed by atoms with Crippen LogP contribution in [-0.2, 0) is 10.0 Å². The van der Waals surface area contributed by atoms with Gasteiger partial charge in [0.1, 0.15) is 5.75 Å². The van der Waals surface area contributed by atoms with Crippen LogP contribution in [0.4, 0.5) is 11.4 Å². The predicted octanol–water partition coefficient (Wildman–Crippen LogP) is 5.74. The molecule has 0 saturated heterocycles. The Labute approximate surface area is 223 Å². The first kappa shape index (κ1) is 25.8. The molecule has 5 rings (SSSR count). The summed E-state index contributed by atoms with van der Waals surface area (Å²) in [5.41, 5.74) is 3.26. The van der Waals surface area contributed by atoms with Crippen molar-refractivity contribution in [2.75, 3.05) is 38.0 Å². The number of methoxy groups -OCH3 is 3. The van der Waals surface area contributed by atoms with Crippen LogP contribution >= 0.6 is 0 Å². The van der Waals surface area contributed by atoms with Crippen LogP contribution in [0.3, 0.4) is 0 Å². The molecule has 8 nitrogen and oxygen atoms in total. The molecule has 3 aromatic carbocycles. The van der Waals surface area contributed by atoms with Crippen molar-refractivity contribution in [2.24, 2.45) is 5.92 Å². The van der Waals surface area contributed by atoms with E-state index in [1.165, 1.54) is 0 Å². The Kier molecular flexibility index (Phi) is 7.12. The van der Waals surface area contributed by atoms with E-state index >= 15 is 0 Å². The first-order chi connectivity index (χ1) is 18.4. The Morgan fingerprint density at radius 3 is 2.37 bits per heavy atom. The molecule has 3 aromatic rings. The van der Waals surface area contributed by atoms with Gasteiger partial charge in [-0.1, -0.05) is 24.3 Å². The summed E-state index contributed by atoms with van der Waals surface area (Å²) in [6, 6.07) is 16.2. The Balaban J connectivity index is 1.49. The maximum atomic E-state index is 13.4. The van der Waals surface area contributed by atoms with Gasteiger partial charge in [0, 0.05) is 11.6 Å². The van der Waals surface area contributed by atoms with Crippen LogP contribution < -0.4 is 29.0 Å². The predicted molar refractivity (Wildman–Crippen MR) is 147 cm³/mol. The highest BCUT2D eigenvalue weighted by atomic mass is 32.2. The summed E-state index contributed by atoms with van der Waals surface area (Å²) in [5, 5.41) is 3.65. The molecule has 1 heterocycles. The molecule has 1 aliphatic heterocycles. The van der Waals surface area contributed by atoms with Gasteiger partial charge < -0.3 is 24.3 Å². The summed E-state index contributed by atoms with van der Waals surface area (Å²) in [4.78, 5) is 0.203. The van der Waals surface area contributed by atoms with E-state index in [1.807, 2.05) is 31.2 Å². The zero-order chi connectivity index (χ0) is 26.9. The number of allylic oxidation sites excluding steroid dienone is 2. The summed E-state index contributed by atoms with van der Waals surface area (Å²) >= 11 is 0. The molecule has 1 aliphatic carbocycles. The monoisotopic (exact) mass is 536 g/mol. The minimum atomic E-state index is -3.84. The van der Waals surface area contributed by atoms with Crippen molar-refractivity contribution in [3.8, 4) is 23.0 Å². The zero-order valence-corrected chi connectivity index (χ0v) is 22.7. The third-order valence-corrected chi connectivity index (χ3v) is 8.49. The van der Waals surface area contributed by atoms with Gasteiger partial charge in [-0.3, -0.25) is 4.72 Å². The van der Waals surface area contributed by atoms with E-state index in [-0.39, 0.29) is 22.8 Å². The Morgan fingerprint density at radius 2 is 1.68 bits per heavy atom. The molecule has 0 spiro atoms. The maximum absolute atomic E-state index is 13.4. The van der Waals surface area contributed by atoms with Gasteiger partial charge in [0.2, 0.25) is 5.75 Å². The molecule has 3 atom stereocenters. The van der Waals surface area contributed by atoms with E-state index in [0.29, 0.717) is 35.3 Å². The van der Waals surface area contributed by atoms with Gasteiger partial charge in [-0.25, -0.2) is 8.42 Å². The van der Waals surface area contributed by atoms with Crippen LogP contribution in [0.1, 0.15) is 36.4 Å². The molecular weight excluding hydrogens is 504 g/mol. The third-order valence-electron chi connectivity index (χ3n) is 7.12. The fourth-order valence-corrected chi connectivity index (χ4v) is 6.49. The Bertz CT molecular complexity index is 1440. The van der Waals surface area contributed by atoms with Crippen LogP contribution in [0.5, 0.6) is 23.0 Å². The molecule has 9 heteroatoms. The lowest BCUT2D eigenvalue weighted by Crippen LogP contribution is -2.29. The molecular formula is C29H32N2O6S. The second-order valence-corrected chi connectivity index (χ2v) is 10.9. The summed E-state index contributed by atoms with van der Waals surface area (Å²) in [6.45, 7) is 2.30. The molecule has 0 bridgehead atoms. The minimum Gasteiger partial charge on any atom is -0.493 e. The first-order valence-corrected chi connectivity index (χ1v) is 14.0. The van der Waals surface area contributed by atoms with Gasteiger partial charge in [0.15, 0.2) is 11.5 Å². The number of ether oxygens (including phenoxy) is 4. The number of para-hydroxylation sites is 2. The van der Waals surface area contributed by atoms with Gasteiger partial charge in [-0.05, 0) is 72.9 Å². The SMILES string of the molecule is CCOc1ccccc1NS(=O)(=O)c1ccc2c(c1)[C@H]1C=CC[C@H]1[C@@H](c1cc(OC)c(OC)c(OC)c1)N2. The van der Waals surface area contributed by atoms with Gasteiger partial charge in [0.25, 0.3) is 10.0 Å². The van der Waals surface area contributed by atoms with Gasteiger partial charge in [-0.2, -0.15) is 0 Å². The largest absolute Gasteiger partial charge is 0.493 e. The van der Waals surface area contributed by atoms with Crippen molar-refractivity contribution in [3.05, 3.63) is 77.9 Å². The topological polar surface area (TPSA) is 95.1 Å². The molecule has 0 unspecified atom stereocenters. The molecule has 200 valence electrons. The number of rotatable bonds is 9. The van der Waals surface area contributed by atoms with Crippen LogP contribution in [0.25, 0.3) is 0 Å². The number of anilines is 2. The van der Waals surface area contributed by atoms with E-state index in [9.17, 15) is 8.42 Å².